The van der Waals surface area contributed by atoms with E-state index in [0.29, 0.717) is 16.9 Å². The molecule has 1 aliphatic carbocycles. The van der Waals surface area contributed by atoms with Crippen LogP contribution in [-0.4, -0.2) is 48.5 Å². The van der Waals surface area contributed by atoms with Gasteiger partial charge >= 0.3 is 5.97 Å². The van der Waals surface area contributed by atoms with Crippen molar-refractivity contribution in [2.45, 2.75) is 69.3 Å². The number of hydrogen-bond acceptors (Lipinski definition) is 3. The highest BCUT2D eigenvalue weighted by atomic mass is 79.9. The van der Waals surface area contributed by atoms with Crippen LogP contribution in [0.5, 0.6) is 0 Å². The molecular weight excluding hydrogens is 540 g/mol. The monoisotopic (exact) mass is 575 g/mol. The Morgan fingerprint density at radius 3 is 2.14 bits per heavy atom. The molecule has 3 aliphatic heterocycles. The Morgan fingerprint density at radius 2 is 1.51 bits per heavy atom. The third-order valence-electron chi connectivity index (χ3n) is 8.92. The first kappa shape index (κ1) is 27.9. The molecule has 1 atom stereocenters. The lowest BCUT2D eigenvalue weighted by molar-refractivity contribution is -0.939. The van der Waals surface area contributed by atoms with Crippen molar-refractivity contribution in [2.24, 2.45) is 5.92 Å². The fraction of sp³-hybridized carbons (Fsp3) is 0.533. The molecule has 7 heteroatoms. The van der Waals surface area contributed by atoms with E-state index in [9.17, 15) is 18.4 Å². The number of nitrogens with zero attached hydrogens (tertiary/aromatic N) is 1. The van der Waals surface area contributed by atoms with Crippen LogP contribution in [0.1, 0.15) is 62.5 Å². The summed E-state index contributed by atoms with van der Waals surface area (Å²) in [7, 11) is 0. The van der Waals surface area contributed by atoms with E-state index in [0.717, 1.165) is 70.0 Å². The van der Waals surface area contributed by atoms with Crippen LogP contribution in [0, 0.1) is 17.6 Å². The Hall–Kier alpha value is -2.12. The van der Waals surface area contributed by atoms with Crippen molar-refractivity contribution in [3.63, 3.8) is 0 Å². The van der Waals surface area contributed by atoms with Crippen LogP contribution in [0.2, 0.25) is 0 Å². The number of ketones is 1. The van der Waals surface area contributed by atoms with Crippen molar-refractivity contribution < 1.29 is 44.6 Å². The fourth-order valence-corrected chi connectivity index (χ4v) is 6.86. The maximum Gasteiger partial charge on any atom is 0.317 e. The summed E-state index contributed by atoms with van der Waals surface area (Å²) in [5.74, 6) is -1.34. The summed E-state index contributed by atoms with van der Waals surface area (Å²) < 4.78 is 35.1. The Labute approximate surface area is 228 Å². The number of carbonyl (C=O) groups is 2. The lowest BCUT2D eigenvalue weighted by Gasteiger charge is -2.52. The maximum atomic E-state index is 14.1. The lowest BCUT2D eigenvalue weighted by Crippen LogP contribution is -3.00. The van der Waals surface area contributed by atoms with Crippen LogP contribution in [-0.2, 0) is 26.2 Å². The van der Waals surface area contributed by atoms with Crippen molar-refractivity contribution in [2.75, 3.05) is 26.2 Å². The second kappa shape index (κ2) is 11.7. The Morgan fingerprint density at radius 1 is 0.892 bits per heavy atom. The molecule has 4 fully saturated rings. The normalized spacial score (nSPS) is 26.5. The fourth-order valence-electron chi connectivity index (χ4n) is 6.86. The predicted octanol–water partition coefficient (Wildman–Crippen LogP) is 2.52. The number of quaternary nitrogens is 1. The van der Waals surface area contributed by atoms with E-state index in [1.54, 1.807) is 0 Å². The van der Waals surface area contributed by atoms with Crippen molar-refractivity contribution in [3.05, 3.63) is 71.3 Å². The third-order valence-corrected chi connectivity index (χ3v) is 8.92. The first-order chi connectivity index (χ1) is 17.4. The van der Waals surface area contributed by atoms with E-state index in [2.05, 4.69) is 12.1 Å². The summed E-state index contributed by atoms with van der Waals surface area (Å²) in [6, 6.07) is 13.8. The number of hydrogen-bond donors (Lipinski definition) is 0. The van der Waals surface area contributed by atoms with Gasteiger partial charge in [-0.15, -0.1) is 0 Å². The summed E-state index contributed by atoms with van der Waals surface area (Å²) >= 11 is 0. The van der Waals surface area contributed by atoms with Gasteiger partial charge < -0.3 is 26.2 Å². The molecular formula is C30H36BrF2NO3. The number of esters is 1. The highest BCUT2D eigenvalue weighted by Gasteiger charge is 2.51. The van der Waals surface area contributed by atoms with Crippen LogP contribution in [0.25, 0.3) is 0 Å². The lowest BCUT2D eigenvalue weighted by atomic mass is 9.74. The molecule has 4 nitrogen and oxygen atoms in total. The highest BCUT2D eigenvalue weighted by Crippen LogP contribution is 2.42. The molecule has 200 valence electrons. The van der Waals surface area contributed by atoms with E-state index in [1.165, 1.54) is 18.2 Å². The minimum atomic E-state index is -0.679. The molecule has 6 rings (SSSR count). The van der Waals surface area contributed by atoms with Gasteiger partial charge in [0.15, 0.2) is 11.9 Å². The molecule has 37 heavy (non-hydrogen) atoms. The van der Waals surface area contributed by atoms with Crippen LogP contribution < -0.4 is 17.0 Å². The Bertz CT molecular complexity index is 1070. The average Bonchev–Trinajstić information content (AvgIpc) is 3.15. The largest absolute Gasteiger partial charge is 1.00 e. The average molecular weight is 577 g/mol. The number of Topliss-reactive ketones (excluding diaryl/α,β-unsaturated/α-hetero) is 1. The zero-order valence-electron chi connectivity index (χ0n) is 21.3. The first-order valence-electron chi connectivity index (χ1n) is 13.5. The summed E-state index contributed by atoms with van der Waals surface area (Å²) in [4.78, 5) is 26.8. The molecule has 0 radical (unpaired) electrons. The topological polar surface area (TPSA) is 43.4 Å². The molecule has 0 unspecified atom stereocenters. The number of carbonyl (C=O) groups excluding carboxylic acids is 2. The molecule has 3 heterocycles. The molecule has 2 bridgehead atoms. The third kappa shape index (κ3) is 5.83. The molecule has 0 aromatic heterocycles. The maximum absolute atomic E-state index is 14.1. The van der Waals surface area contributed by atoms with E-state index in [1.807, 2.05) is 18.2 Å². The number of rotatable bonds is 7. The highest BCUT2D eigenvalue weighted by molar-refractivity contribution is 5.84. The molecule has 0 spiro atoms. The predicted molar refractivity (Wildman–Crippen MR) is 133 cm³/mol. The van der Waals surface area contributed by atoms with Crippen LogP contribution in [0.4, 0.5) is 8.78 Å². The Kier molecular flexibility index (Phi) is 8.85. The standard InChI is InChI=1S/C30H36F2NO3.BrH/c31-26-11-8-12-27(32)25(26)19-24(34)20-33-17-13-22(14-18-33)28(21-33)36-29(35)30(15-6-1-2-7-16-30)23-9-4-3-5-10-23;/h3-5,8-12,22,28H,1-2,6-7,13-21H2;1H/q+1;/p-1/t22?,28-,33?;/m0./s1. The summed E-state index contributed by atoms with van der Waals surface area (Å²) in [6.07, 6.45) is 7.25. The van der Waals surface area contributed by atoms with Crippen molar-refractivity contribution in [1.82, 2.24) is 0 Å². The van der Waals surface area contributed by atoms with Gasteiger partial charge in [0.25, 0.3) is 0 Å². The van der Waals surface area contributed by atoms with E-state index >= 15 is 0 Å². The van der Waals surface area contributed by atoms with Crippen molar-refractivity contribution in [1.29, 1.82) is 0 Å². The molecule has 3 saturated heterocycles. The zero-order valence-corrected chi connectivity index (χ0v) is 22.9. The van der Waals surface area contributed by atoms with E-state index in [-0.39, 0.29) is 53.4 Å². The number of piperidine rings is 3. The minimum Gasteiger partial charge on any atom is -1.00 e. The SMILES string of the molecule is O=C(Cc1c(F)cccc1F)C[N+]12CCC(CC1)[C@@H](OC(=O)C1(c3ccccc3)CCCCCC1)C2.[Br-]. The second-order valence-corrected chi connectivity index (χ2v) is 11.2. The smallest absolute Gasteiger partial charge is 0.317 e. The number of halogens is 3. The second-order valence-electron chi connectivity index (χ2n) is 11.2. The van der Waals surface area contributed by atoms with E-state index in [4.69, 9.17) is 4.74 Å². The minimum absolute atomic E-state index is 0. The summed E-state index contributed by atoms with van der Waals surface area (Å²) in [5.41, 5.74) is 0.283. The molecule has 0 amide bonds. The quantitative estimate of drug-likeness (QED) is 0.289. The zero-order chi connectivity index (χ0) is 25.2. The molecule has 4 aliphatic rings. The van der Waals surface area contributed by atoms with Gasteiger partial charge in [-0.05, 0) is 30.5 Å². The number of fused-ring (bicyclic) bond motifs is 3. The van der Waals surface area contributed by atoms with E-state index < -0.39 is 17.0 Å². The van der Waals surface area contributed by atoms with Crippen molar-refractivity contribution in [3.8, 4) is 0 Å². The van der Waals surface area contributed by atoms with Gasteiger partial charge in [-0.2, -0.15) is 0 Å². The van der Waals surface area contributed by atoms with Gasteiger partial charge in [-0.25, -0.2) is 8.78 Å². The van der Waals surface area contributed by atoms with Crippen LogP contribution >= 0.6 is 0 Å². The molecule has 1 saturated carbocycles. The summed E-state index contributed by atoms with van der Waals surface area (Å²) in [5, 5.41) is 0. The van der Waals surface area contributed by atoms with Gasteiger partial charge in [0, 0.05) is 30.7 Å². The van der Waals surface area contributed by atoms with Crippen LogP contribution in [0.3, 0.4) is 0 Å². The first-order valence-corrected chi connectivity index (χ1v) is 13.5. The van der Waals surface area contributed by atoms with Gasteiger partial charge in [0.1, 0.15) is 24.7 Å². The molecule has 2 aromatic rings. The van der Waals surface area contributed by atoms with Gasteiger partial charge in [0.05, 0.1) is 18.5 Å². The molecule has 0 N–H and O–H groups in total. The Balaban J connectivity index is 0.00000320. The molecule has 2 aromatic carbocycles. The van der Waals surface area contributed by atoms with Crippen molar-refractivity contribution >= 4 is 11.8 Å². The number of benzene rings is 2. The summed E-state index contributed by atoms with van der Waals surface area (Å²) in [6.45, 7) is 2.51. The van der Waals surface area contributed by atoms with Gasteiger partial charge in [0.2, 0.25) is 0 Å². The van der Waals surface area contributed by atoms with Gasteiger partial charge in [-0.3, -0.25) is 9.59 Å². The van der Waals surface area contributed by atoms with Crippen LogP contribution in [0.15, 0.2) is 48.5 Å². The van der Waals surface area contributed by atoms with Gasteiger partial charge in [-0.1, -0.05) is 62.1 Å². The number of ether oxygens (including phenoxy) is 1.